The predicted molar refractivity (Wildman–Crippen MR) is 59.9 cm³/mol. The molecule has 0 bridgehead atoms. The highest BCUT2D eigenvalue weighted by molar-refractivity contribution is 5.73. The maximum atomic E-state index is 10.9. The molecule has 1 saturated carbocycles. The van der Waals surface area contributed by atoms with Gasteiger partial charge in [-0.2, -0.15) is 0 Å². The summed E-state index contributed by atoms with van der Waals surface area (Å²) < 4.78 is 0. The highest BCUT2D eigenvalue weighted by Crippen LogP contribution is 2.26. The van der Waals surface area contributed by atoms with Crippen LogP contribution >= 0.6 is 0 Å². The molecule has 15 heavy (non-hydrogen) atoms. The number of carbonyl (C=O) groups is 1. The van der Waals surface area contributed by atoms with Crippen LogP contribution in [0.4, 0.5) is 0 Å². The van der Waals surface area contributed by atoms with E-state index in [0.717, 1.165) is 19.0 Å². The van der Waals surface area contributed by atoms with Gasteiger partial charge in [0.05, 0.1) is 0 Å². The molecule has 0 saturated heterocycles. The van der Waals surface area contributed by atoms with Crippen LogP contribution in [-0.2, 0) is 4.79 Å². The van der Waals surface area contributed by atoms with E-state index in [9.17, 15) is 4.79 Å². The van der Waals surface area contributed by atoms with Gasteiger partial charge in [0.15, 0.2) is 0 Å². The number of aliphatic carboxylic acids is 1. The minimum Gasteiger partial charge on any atom is -0.480 e. The van der Waals surface area contributed by atoms with Crippen molar-refractivity contribution < 1.29 is 9.90 Å². The van der Waals surface area contributed by atoms with E-state index < -0.39 is 12.0 Å². The number of hydrogen-bond acceptors (Lipinski definition) is 3. The van der Waals surface area contributed by atoms with Gasteiger partial charge in [0, 0.05) is 13.1 Å². The van der Waals surface area contributed by atoms with Crippen LogP contribution in [0.5, 0.6) is 0 Å². The normalized spacial score (nSPS) is 18.9. The highest BCUT2D eigenvalue weighted by Gasteiger charge is 2.23. The maximum Gasteiger partial charge on any atom is 0.322 e. The molecule has 1 aliphatic carbocycles. The third-order valence-corrected chi connectivity index (χ3v) is 3.28. The van der Waals surface area contributed by atoms with Gasteiger partial charge in [-0.15, -0.1) is 0 Å². The van der Waals surface area contributed by atoms with Crippen molar-refractivity contribution in [2.24, 2.45) is 5.92 Å². The van der Waals surface area contributed by atoms with Gasteiger partial charge in [-0.05, 0) is 32.4 Å². The van der Waals surface area contributed by atoms with E-state index >= 15 is 0 Å². The Morgan fingerprint density at radius 1 is 1.60 bits per heavy atom. The van der Waals surface area contributed by atoms with Gasteiger partial charge >= 0.3 is 5.97 Å². The number of likely N-dealkylation sites (N-methyl/N-ethyl adjacent to an activating group) is 2. The standard InChI is InChI=1S/C11H22N2O2/c1-3-13(7-9-5-4-6-9)8-10(12-2)11(14)15/h9-10,12H,3-8H2,1-2H3,(H,14,15). The summed E-state index contributed by atoms with van der Waals surface area (Å²) in [6, 6.07) is -0.440. The zero-order valence-corrected chi connectivity index (χ0v) is 9.70. The summed E-state index contributed by atoms with van der Waals surface area (Å²) in [5, 5.41) is 11.8. The molecule has 4 nitrogen and oxygen atoms in total. The van der Waals surface area contributed by atoms with E-state index in [1.165, 1.54) is 19.3 Å². The summed E-state index contributed by atoms with van der Waals surface area (Å²) in [5.74, 6) is 0.0424. The molecule has 0 aromatic rings. The lowest BCUT2D eigenvalue weighted by Crippen LogP contribution is -2.46. The van der Waals surface area contributed by atoms with E-state index in [1.807, 2.05) is 0 Å². The topological polar surface area (TPSA) is 52.6 Å². The molecule has 0 aromatic carbocycles. The number of nitrogens with one attached hydrogen (secondary N) is 1. The van der Waals surface area contributed by atoms with Crippen LogP contribution in [0, 0.1) is 5.92 Å². The lowest BCUT2D eigenvalue weighted by atomic mass is 9.85. The third kappa shape index (κ3) is 3.80. The van der Waals surface area contributed by atoms with E-state index in [1.54, 1.807) is 7.05 Å². The third-order valence-electron chi connectivity index (χ3n) is 3.28. The molecule has 0 spiro atoms. The number of carboxylic acid groups (broad SMARTS) is 1. The Kier molecular flexibility index (Phi) is 5.05. The van der Waals surface area contributed by atoms with Crippen molar-refractivity contribution in [1.29, 1.82) is 0 Å². The first-order valence-corrected chi connectivity index (χ1v) is 5.79. The lowest BCUT2D eigenvalue weighted by Gasteiger charge is -2.32. The van der Waals surface area contributed by atoms with E-state index in [4.69, 9.17) is 5.11 Å². The van der Waals surface area contributed by atoms with Gasteiger partial charge in [-0.3, -0.25) is 4.79 Å². The molecule has 4 heteroatoms. The van der Waals surface area contributed by atoms with Gasteiger partial charge in [0.25, 0.3) is 0 Å². The van der Waals surface area contributed by atoms with Crippen LogP contribution in [-0.4, -0.2) is 48.7 Å². The average molecular weight is 214 g/mol. The smallest absolute Gasteiger partial charge is 0.322 e. The molecule has 1 aliphatic rings. The van der Waals surface area contributed by atoms with Crippen molar-refractivity contribution in [3.63, 3.8) is 0 Å². The van der Waals surface area contributed by atoms with E-state index in [-0.39, 0.29) is 0 Å². The molecule has 0 amide bonds. The van der Waals surface area contributed by atoms with Gasteiger partial charge in [-0.1, -0.05) is 13.3 Å². The summed E-state index contributed by atoms with van der Waals surface area (Å²) in [6.07, 6.45) is 3.97. The second-order valence-corrected chi connectivity index (χ2v) is 4.33. The molecule has 0 aliphatic heterocycles. The van der Waals surface area contributed by atoms with Gasteiger partial charge < -0.3 is 15.3 Å². The van der Waals surface area contributed by atoms with Crippen LogP contribution in [0.2, 0.25) is 0 Å². The molecule has 1 unspecified atom stereocenters. The monoisotopic (exact) mass is 214 g/mol. The van der Waals surface area contributed by atoms with Crippen LogP contribution in [0.1, 0.15) is 26.2 Å². The maximum absolute atomic E-state index is 10.9. The van der Waals surface area contributed by atoms with Crippen molar-refractivity contribution >= 4 is 5.97 Å². The summed E-state index contributed by atoms with van der Waals surface area (Å²) in [5.41, 5.74) is 0. The van der Waals surface area contributed by atoms with Crippen molar-refractivity contribution in [3.05, 3.63) is 0 Å². The molecule has 0 heterocycles. The fourth-order valence-corrected chi connectivity index (χ4v) is 1.92. The second kappa shape index (κ2) is 6.08. The molecule has 88 valence electrons. The summed E-state index contributed by atoms with van der Waals surface area (Å²) >= 11 is 0. The first-order chi connectivity index (χ1) is 7.17. The second-order valence-electron chi connectivity index (χ2n) is 4.33. The number of rotatable bonds is 7. The fourth-order valence-electron chi connectivity index (χ4n) is 1.92. The van der Waals surface area contributed by atoms with Crippen LogP contribution in [0.25, 0.3) is 0 Å². The summed E-state index contributed by atoms with van der Waals surface area (Å²) in [7, 11) is 1.70. The lowest BCUT2D eigenvalue weighted by molar-refractivity contribution is -0.139. The Morgan fingerprint density at radius 3 is 2.60 bits per heavy atom. The minimum absolute atomic E-state index is 0.440. The molecular formula is C11H22N2O2. The molecule has 0 aromatic heterocycles. The molecule has 2 N–H and O–H groups in total. The van der Waals surface area contributed by atoms with Crippen molar-refractivity contribution in [1.82, 2.24) is 10.2 Å². The predicted octanol–water partition coefficient (Wildman–Crippen LogP) is 0.781. The van der Waals surface area contributed by atoms with Gasteiger partial charge in [-0.25, -0.2) is 0 Å². The summed E-state index contributed by atoms with van der Waals surface area (Å²) in [6.45, 7) is 4.69. The fraction of sp³-hybridized carbons (Fsp3) is 0.909. The van der Waals surface area contributed by atoms with Gasteiger partial charge in [0.2, 0.25) is 0 Å². The van der Waals surface area contributed by atoms with Crippen molar-refractivity contribution in [2.45, 2.75) is 32.2 Å². The number of carboxylic acids is 1. The molecular weight excluding hydrogens is 192 g/mol. The summed E-state index contributed by atoms with van der Waals surface area (Å²) in [4.78, 5) is 13.1. The van der Waals surface area contributed by atoms with Crippen LogP contribution < -0.4 is 5.32 Å². The average Bonchev–Trinajstić information content (AvgIpc) is 2.15. The number of hydrogen-bond donors (Lipinski definition) is 2. The largest absolute Gasteiger partial charge is 0.480 e. The Labute approximate surface area is 91.6 Å². The number of nitrogens with zero attached hydrogens (tertiary/aromatic N) is 1. The molecule has 1 fully saturated rings. The Morgan fingerprint density at radius 2 is 2.27 bits per heavy atom. The van der Waals surface area contributed by atoms with Gasteiger partial charge in [0.1, 0.15) is 6.04 Å². The zero-order valence-electron chi connectivity index (χ0n) is 9.70. The van der Waals surface area contributed by atoms with E-state index in [0.29, 0.717) is 6.54 Å². The molecule has 1 atom stereocenters. The van der Waals surface area contributed by atoms with E-state index in [2.05, 4.69) is 17.1 Å². The van der Waals surface area contributed by atoms with Crippen LogP contribution in [0.3, 0.4) is 0 Å². The van der Waals surface area contributed by atoms with Crippen molar-refractivity contribution in [2.75, 3.05) is 26.7 Å². The quantitative estimate of drug-likeness (QED) is 0.657. The first-order valence-electron chi connectivity index (χ1n) is 5.79. The first kappa shape index (κ1) is 12.5. The SMILES string of the molecule is CCN(CC1CCC1)CC(NC)C(=O)O. The highest BCUT2D eigenvalue weighted by atomic mass is 16.4. The minimum atomic E-state index is -0.760. The molecule has 1 rings (SSSR count). The van der Waals surface area contributed by atoms with Crippen LogP contribution in [0.15, 0.2) is 0 Å². The Balaban J connectivity index is 2.33. The van der Waals surface area contributed by atoms with Crippen molar-refractivity contribution in [3.8, 4) is 0 Å². The Bertz CT molecular complexity index is 205. The molecule has 0 radical (unpaired) electrons. The zero-order chi connectivity index (χ0) is 11.3. The Hall–Kier alpha value is -0.610.